The van der Waals surface area contributed by atoms with E-state index in [0.29, 0.717) is 6.54 Å². The molecular weight excluding hydrogens is 260 g/mol. The Morgan fingerprint density at radius 1 is 1.32 bits per heavy atom. The van der Waals surface area contributed by atoms with E-state index in [1.807, 2.05) is 7.05 Å². The first-order valence-electron chi connectivity index (χ1n) is 6.32. The van der Waals surface area contributed by atoms with E-state index in [1.54, 1.807) is 11.8 Å². The van der Waals surface area contributed by atoms with Crippen molar-refractivity contribution >= 4 is 18.3 Å². The van der Waals surface area contributed by atoms with Gasteiger partial charge in [0, 0.05) is 19.0 Å². The lowest BCUT2D eigenvalue weighted by Gasteiger charge is -2.31. The molecule has 1 unspecified atom stereocenters. The third-order valence-electron chi connectivity index (χ3n) is 3.23. The standard InChI is InChI=1S/C15H24N2O.ClH/c1-11-6-8-13(9-7-11)15(3,4)10-17(5)14(18)12(2)16;/h6-9,12H,10,16H2,1-5H3;1H. The zero-order valence-electron chi connectivity index (χ0n) is 12.4. The minimum Gasteiger partial charge on any atom is -0.344 e. The number of hydrogen-bond donors (Lipinski definition) is 1. The molecule has 0 spiro atoms. The molecule has 0 radical (unpaired) electrons. The molecule has 1 atom stereocenters. The van der Waals surface area contributed by atoms with Crippen LogP contribution in [0, 0.1) is 6.92 Å². The molecule has 19 heavy (non-hydrogen) atoms. The first kappa shape index (κ1) is 17.9. The van der Waals surface area contributed by atoms with Gasteiger partial charge in [0.25, 0.3) is 0 Å². The van der Waals surface area contributed by atoms with E-state index >= 15 is 0 Å². The van der Waals surface area contributed by atoms with Crippen molar-refractivity contribution in [1.29, 1.82) is 0 Å². The van der Waals surface area contributed by atoms with Crippen molar-refractivity contribution in [2.45, 2.75) is 39.2 Å². The number of carbonyl (C=O) groups excluding carboxylic acids is 1. The monoisotopic (exact) mass is 284 g/mol. The summed E-state index contributed by atoms with van der Waals surface area (Å²) in [6.45, 7) is 8.74. The molecule has 1 aromatic carbocycles. The number of amides is 1. The average molecular weight is 285 g/mol. The summed E-state index contributed by atoms with van der Waals surface area (Å²) in [4.78, 5) is 13.5. The first-order valence-corrected chi connectivity index (χ1v) is 6.32. The molecule has 4 heteroatoms. The predicted molar refractivity (Wildman–Crippen MR) is 82.7 cm³/mol. The molecule has 0 aliphatic rings. The summed E-state index contributed by atoms with van der Waals surface area (Å²) in [5.74, 6) is -0.0183. The van der Waals surface area contributed by atoms with Crippen molar-refractivity contribution in [3.05, 3.63) is 35.4 Å². The van der Waals surface area contributed by atoms with Gasteiger partial charge in [0.15, 0.2) is 0 Å². The van der Waals surface area contributed by atoms with E-state index in [4.69, 9.17) is 5.73 Å². The number of likely N-dealkylation sites (N-methyl/N-ethyl adjacent to an activating group) is 1. The molecule has 1 aromatic rings. The van der Waals surface area contributed by atoms with Gasteiger partial charge in [-0.15, -0.1) is 12.4 Å². The summed E-state index contributed by atoms with van der Waals surface area (Å²) in [5.41, 5.74) is 8.03. The number of nitrogens with two attached hydrogens (primary N) is 1. The summed E-state index contributed by atoms with van der Waals surface area (Å²) in [6, 6.07) is 8.01. The third-order valence-corrected chi connectivity index (χ3v) is 3.23. The van der Waals surface area contributed by atoms with Crippen molar-refractivity contribution in [1.82, 2.24) is 4.90 Å². The number of rotatable bonds is 4. The van der Waals surface area contributed by atoms with Gasteiger partial charge in [0.2, 0.25) is 5.91 Å². The molecule has 0 heterocycles. The number of nitrogens with zero attached hydrogens (tertiary/aromatic N) is 1. The lowest BCUT2D eigenvalue weighted by molar-refractivity contribution is -0.131. The first-order chi connectivity index (χ1) is 8.24. The van der Waals surface area contributed by atoms with Crippen molar-refractivity contribution < 1.29 is 4.79 Å². The molecule has 0 aliphatic carbocycles. The lowest BCUT2D eigenvalue weighted by atomic mass is 9.83. The van der Waals surface area contributed by atoms with E-state index in [0.717, 1.165) is 0 Å². The van der Waals surface area contributed by atoms with E-state index in [2.05, 4.69) is 45.0 Å². The van der Waals surface area contributed by atoms with E-state index in [9.17, 15) is 4.79 Å². The Labute approximate surface area is 122 Å². The van der Waals surface area contributed by atoms with Crippen molar-refractivity contribution in [2.24, 2.45) is 5.73 Å². The lowest BCUT2D eigenvalue weighted by Crippen LogP contribution is -2.45. The van der Waals surface area contributed by atoms with Crippen LogP contribution in [0.25, 0.3) is 0 Å². The minimum atomic E-state index is -0.441. The van der Waals surface area contributed by atoms with Gasteiger partial charge in [0.05, 0.1) is 6.04 Å². The van der Waals surface area contributed by atoms with E-state index in [1.165, 1.54) is 11.1 Å². The Hall–Kier alpha value is -1.06. The molecule has 0 bridgehead atoms. The maximum absolute atomic E-state index is 11.8. The molecule has 0 aliphatic heterocycles. The molecule has 2 N–H and O–H groups in total. The molecule has 108 valence electrons. The molecule has 1 amide bonds. The zero-order chi connectivity index (χ0) is 13.9. The van der Waals surface area contributed by atoms with Gasteiger partial charge in [-0.3, -0.25) is 4.79 Å². The molecule has 3 nitrogen and oxygen atoms in total. The van der Waals surface area contributed by atoms with Gasteiger partial charge in [-0.2, -0.15) is 0 Å². The van der Waals surface area contributed by atoms with Gasteiger partial charge in [0.1, 0.15) is 0 Å². The molecule has 0 fully saturated rings. The summed E-state index contributed by atoms with van der Waals surface area (Å²) in [5, 5.41) is 0. The molecule has 0 aromatic heterocycles. The molecule has 0 saturated carbocycles. The Morgan fingerprint density at radius 2 is 1.79 bits per heavy atom. The van der Waals surface area contributed by atoms with Crippen LogP contribution in [0.15, 0.2) is 24.3 Å². The smallest absolute Gasteiger partial charge is 0.238 e. The van der Waals surface area contributed by atoms with E-state index < -0.39 is 6.04 Å². The number of halogens is 1. The highest BCUT2D eigenvalue weighted by Crippen LogP contribution is 2.24. The highest BCUT2D eigenvalue weighted by Gasteiger charge is 2.25. The van der Waals surface area contributed by atoms with Gasteiger partial charge in [-0.05, 0) is 19.4 Å². The normalized spacial score (nSPS) is 12.5. The van der Waals surface area contributed by atoms with Crippen LogP contribution in [0.1, 0.15) is 31.9 Å². The Morgan fingerprint density at radius 3 is 2.21 bits per heavy atom. The second-order valence-corrected chi connectivity index (χ2v) is 5.73. The fourth-order valence-corrected chi connectivity index (χ4v) is 2.11. The second kappa shape index (κ2) is 6.92. The summed E-state index contributed by atoms with van der Waals surface area (Å²) in [6.07, 6.45) is 0. The molecule has 1 rings (SSSR count). The van der Waals surface area contributed by atoms with Gasteiger partial charge in [-0.25, -0.2) is 0 Å². The third kappa shape index (κ3) is 4.84. The van der Waals surface area contributed by atoms with Gasteiger partial charge < -0.3 is 10.6 Å². The Balaban J connectivity index is 0.00000324. The summed E-state index contributed by atoms with van der Waals surface area (Å²) in [7, 11) is 1.81. The average Bonchev–Trinajstić information content (AvgIpc) is 2.27. The SMILES string of the molecule is Cc1ccc(C(C)(C)CN(C)C(=O)C(C)N)cc1.Cl. The van der Waals surface area contributed by atoms with Crippen LogP contribution in [-0.2, 0) is 10.2 Å². The van der Waals surface area contributed by atoms with Crippen LogP contribution < -0.4 is 5.73 Å². The fourth-order valence-electron chi connectivity index (χ4n) is 2.11. The summed E-state index contributed by atoms with van der Waals surface area (Å²) >= 11 is 0. The number of carbonyl (C=O) groups is 1. The van der Waals surface area contributed by atoms with Crippen molar-refractivity contribution in [2.75, 3.05) is 13.6 Å². The van der Waals surface area contributed by atoms with Crippen LogP contribution in [0.2, 0.25) is 0 Å². The van der Waals surface area contributed by atoms with Crippen LogP contribution in [0.4, 0.5) is 0 Å². The zero-order valence-corrected chi connectivity index (χ0v) is 13.3. The topological polar surface area (TPSA) is 46.3 Å². The van der Waals surface area contributed by atoms with Gasteiger partial charge in [-0.1, -0.05) is 43.7 Å². The van der Waals surface area contributed by atoms with Crippen LogP contribution >= 0.6 is 12.4 Å². The second-order valence-electron chi connectivity index (χ2n) is 5.73. The fraction of sp³-hybridized carbons (Fsp3) is 0.533. The van der Waals surface area contributed by atoms with Gasteiger partial charge >= 0.3 is 0 Å². The van der Waals surface area contributed by atoms with Crippen LogP contribution in [0.3, 0.4) is 0 Å². The molecule has 0 saturated heterocycles. The predicted octanol–water partition coefficient (Wildman–Crippen LogP) is 2.50. The number of aryl methyl sites for hydroxylation is 1. The number of benzene rings is 1. The highest BCUT2D eigenvalue weighted by atomic mass is 35.5. The highest BCUT2D eigenvalue weighted by molar-refractivity contribution is 5.85. The quantitative estimate of drug-likeness (QED) is 0.923. The summed E-state index contributed by atoms with van der Waals surface area (Å²) < 4.78 is 0. The van der Waals surface area contributed by atoms with Crippen molar-refractivity contribution in [3.63, 3.8) is 0 Å². The molecular formula is C15H25ClN2O. The van der Waals surface area contributed by atoms with Crippen LogP contribution in [-0.4, -0.2) is 30.4 Å². The Kier molecular flexibility index (Phi) is 6.53. The maximum atomic E-state index is 11.8. The van der Waals surface area contributed by atoms with Crippen LogP contribution in [0.5, 0.6) is 0 Å². The largest absolute Gasteiger partial charge is 0.344 e. The Bertz CT molecular complexity index is 413. The van der Waals surface area contributed by atoms with E-state index in [-0.39, 0.29) is 23.7 Å². The maximum Gasteiger partial charge on any atom is 0.238 e. The number of hydrogen-bond acceptors (Lipinski definition) is 2. The minimum absolute atomic E-state index is 0. The van der Waals surface area contributed by atoms with Crippen molar-refractivity contribution in [3.8, 4) is 0 Å².